The Morgan fingerprint density at radius 3 is 2.59 bits per heavy atom. The van der Waals surface area contributed by atoms with Crippen molar-refractivity contribution < 1.29 is 9.90 Å². The monoisotopic (exact) mass is 342 g/mol. The molecule has 4 nitrogen and oxygen atoms in total. The van der Waals surface area contributed by atoms with Gasteiger partial charge in [-0.05, 0) is 55.5 Å². The lowest BCUT2D eigenvalue weighted by Gasteiger charge is -2.17. The van der Waals surface area contributed by atoms with Crippen LogP contribution in [0.25, 0.3) is 0 Å². The van der Waals surface area contributed by atoms with Crippen LogP contribution in [0, 0.1) is 5.92 Å². The van der Waals surface area contributed by atoms with E-state index < -0.39 is 12.0 Å². The second-order valence-electron chi connectivity index (χ2n) is 6.23. The third kappa shape index (κ3) is 3.93. The minimum atomic E-state index is -1.24. The van der Waals surface area contributed by atoms with Crippen LogP contribution < -0.4 is 5.32 Å². The molecular weight excluding hydrogens is 323 g/mol. The molecular formula is C16H20Cl2N2O2. The number of benzene rings is 1. The van der Waals surface area contributed by atoms with Crippen LogP contribution in [-0.2, 0) is 4.79 Å². The maximum Gasteiger partial charge on any atom is 0.253 e. The lowest BCUT2D eigenvalue weighted by Crippen LogP contribution is -2.34. The van der Waals surface area contributed by atoms with E-state index in [0.29, 0.717) is 28.1 Å². The SMILES string of the molecule is O=C(NCC1CCN(C2CC2)C1)C(O)c1cc(Cl)cc(Cl)c1. The lowest BCUT2D eigenvalue weighted by molar-refractivity contribution is -0.129. The molecule has 1 heterocycles. The zero-order chi connectivity index (χ0) is 15.7. The largest absolute Gasteiger partial charge is 0.378 e. The van der Waals surface area contributed by atoms with E-state index in [9.17, 15) is 9.90 Å². The number of aliphatic hydroxyl groups excluding tert-OH is 1. The highest BCUT2D eigenvalue weighted by Gasteiger charge is 2.34. The van der Waals surface area contributed by atoms with Crippen LogP contribution >= 0.6 is 23.2 Å². The number of rotatable bonds is 5. The number of amides is 1. The van der Waals surface area contributed by atoms with E-state index in [2.05, 4.69) is 10.2 Å². The van der Waals surface area contributed by atoms with Crippen LogP contribution in [-0.4, -0.2) is 41.6 Å². The maximum atomic E-state index is 12.1. The summed E-state index contributed by atoms with van der Waals surface area (Å²) in [6.45, 7) is 2.77. The van der Waals surface area contributed by atoms with Crippen LogP contribution in [0.1, 0.15) is 30.9 Å². The first-order valence-electron chi connectivity index (χ1n) is 7.69. The molecule has 1 amide bonds. The van der Waals surface area contributed by atoms with E-state index in [-0.39, 0.29) is 0 Å². The molecule has 2 N–H and O–H groups in total. The van der Waals surface area contributed by atoms with Crippen molar-refractivity contribution >= 4 is 29.1 Å². The first kappa shape index (κ1) is 16.1. The summed E-state index contributed by atoms with van der Waals surface area (Å²) in [5, 5.41) is 13.8. The van der Waals surface area contributed by atoms with Gasteiger partial charge in [-0.3, -0.25) is 4.79 Å². The Morgan fingerprint density at radius 2 is 1.95 bits per heavy atom. The Labute approximate surface area is 140 Å². The van der Waals surface area contributed by atoms with Gasteiger partial charge in [0.15, 0.2) is 6.10 Å². The molecule has 2 aliphatic rings. The third-order valence-electron chi connectivity index (χ3n) is 4.39. The molecule has 2 unspecified atom stereocenters. The summed E-state index contributed by atoms with van der Waals surface area (Å²) in [7, 11) is 0. The predicted molar refractivity (Wildman–Crippen MR) is 87.1 cm³/mol. The number of hydrogen-bond acceptors (Lipinski definition) is 3. The zero-order valence-corrected chi connectivity index (χ0v) is 13.8. The summed E-state index contributed by atoms with van der Waals surface area (Å²) in [5.41, 5.74) is 0.418. The van der Waals surface area contributed by atoms with Gasteiger partial charge in [0.25, 0.3) is 5.91 Å². The second-order valence-corrected chi connectivity index (χ2v) is 7.10. The summed E-state index contributed by atoms with van der Waals surface area (Å²) in [4.78, 5) is 14.6. The molecule has 22 heavy (non-hydrogen) atoms. The van der Waals surface area contributed by atoms with Gasteiger partial charge in [0.05, 0.1) is 0 Å². The summed E-state index contributed by atoms with van der Waals surface area (Å²) >= 11 is 11.8. The first-order valence-corrected chi connectivity index (χ1v) is 8.44. The van der Waals surface area contributed by atoms with E-state index in [0.717, 1.165) is 25.6 Å². The second kappa shape index (κ2) is 6.75. The highest BCUT2D eigenvalue weighted by molar-refractivity contribution is 6.34. The fourth-order valence-electron chi connectivity index (χ4n) is 3.03. The smallest absolute Gasteiger partial charge is 0.253 e. The Hall–Kier alpha value is -0.810. The van der Waals surface area contributed by atoms with E-state index >= 15 is 0 Å². The van der Waals surface area contributed by atoms with E-state index in [1.807, 2.05) is 0 Å². The number of aliphatic hydroxyl groups is 1. The molecule has 1 saturated heterocycles. The topological polar surface area (TPSA) is 52.6 Å². The van der Waals surface area contributed by atoms with Crippen molar-refractivity contribution in [1.29, 1.82) is 0 Å². The number of carbonyl (C=O) groups is 1. The molecule has 120 valence electrons. The van der Waals surface area contributed by atoms with Crippen molar-refractivity contribution in [2.45, 2.75) is 31.4 Å². The highest BCUT2D eigenvalue weighted by atomic mass is 35.5. The molecule has 2 fully saturated rings. The molecule has 0 bridgehead atoms. The van der Waals surface area contributed by atoms with Crippen molar-refractivity contribution in [2.24, 2.45) is 5.92 Å². The minimum Gasteiger partial charge on any atom is -0.378 e. The van der Waals surface area contributed by atoms with Crippen LogP contribution in [0.4, 0.5) is 0 Å². The number of hydrogen-bond donors (Lipinski definition) is 2. The first-order chi connectivity index (χ1) is 10.5. The van der Waals surface area contributed by atoms with Gasteiger partial charge < -0.3 is 15.3 Å². The molecule has 1 saturated carbocycles. The summed E-state index contributed by atoms with van der Waals surface area (Å²) in [6.07, 6.45) is 2.49. The van der Waals surface area contributed by atoms with E-state index in [4.69, 9.17) is 23.2 Å². The fourth-order valence-corrected chi connectivity index (χ4v) is 3.57. The van der Waals surface area contributed by atoms with Crippen molar-refractivity contribution in [3.8, 4) is 0 Å². The Bertz CT molecular complexity index is 543. The normalized spacial score (nSPS) is 23.5. The predicted octanol–water partition coefficient (Wildman–Crippen LogP) is 2.63. The Morgan fingerprint density at radius 1 is 1.27 bits per heavy atom. The molecule has 1 aliphatic heterocycles. The highest BCUT2D eigenvalue weighted by Crippen LogP contribution is 2.31. The van der Waals surface area contributed by atoms with Crippen LogP contribution in [0.5, 0.6) is 0 Å². The lowest BCUT2D eigenvalue weighted by atomic mass is 10.1. The average molecular weight is 343 g/mol. The van der Waals surface area contributed by atoms with Gasteiger partial charge in [0, 0.05) is 29.2 Å². The van der Waals surface area contributed by atoms with Crippen molar-refractivity contribution in [3.63, 3.8) is 0 Å². The fraction of sp³-hybridized carbons (Fsp3) is 0.562. The van der Waals surface area contributed by atoms with Crippen LogP contribution in [0.2, 0.25) is 10.0 Å². The molecule has 3 rings (SSSR count). The molecule has 2 atom stereocenters. The van der Waals surface area contributed by atoms with E-state index in [1.54, 1.807) is 18.2 Å². The molecule has 1 aromatic carbocycles. The number of likely N-dealkylation sites (tertiary alicyclic amines) is 1. The molecule has 0 radical (unpaired) electrons. The standard InChI is InChI=1S/C16H20Cl2N2O2/c17-12-5-11(6-13(18)7-12)15(21)16(22)19-8-10-3-4-20(9-10)14-1-2-14/h5-7,10,14-15,21H,1-4,8-9H2,(H,19,22). The van der Waals surface area contributed by atoms with Gasteiger partial charge in [0.2, 0.25) is 0 Å². The van der Waals surface area contributed by atoms with Crippen molar-refractivity contribution in [3.05, 3.63) is 33.8 Å². The number of nitrogens with one attached hydrogen (secondary N) is 1. The number of carbonyl (C=O) groups excluding carboxylic acids is 1. The molecule has 6 heteroatoms. The third-order valence-corrected chi connectivity index (χ3v) is 4.83. The Balaban J connectivity index is 1.50. The number of nitrogens with zero attached hydrogens (tertiary/aromatic N) is 1. The number of halogens is 2. The quantitative estimate of drug-likeness (QED) is 0.864. The van der Waals surface area contributed by atoms with Gasteiger partial charge in [-0.25, -0.2) is 0 Å². The summed E-state index contributed by atoms with van der Waals surface area (Å²) < 4.78 is 0. The van der Waals surface area contributed by atoms with Gasteiger partial charge in [-0.1, -0.05) is 23.2 Å². The molecule has 1 aromatic rings. The van der Waals surface area contributed by atoms with Gasteiger partial charge in [-0.15, -0.1) is 0 Å². The molecule has 0 spiro atoms. The zero-order valence-electron chi connectivity index (χ0n) is 12.3. The Kier molecular flexibility index (Phi) is 4.93. The summed E-state index contributed by atoms with van der Waals surface area (Å²) in [5.74, 6) is 0.0721. The maximum absolute atomic E-state index is 12.1. The van der Waals surface area contributed by atoms with E-state index in [1.165, 1.54) is 12.8 Å². The van der Waals surface area contributed by atoms with Gasteiger partial charge in [-0.2, -0.15) is 0 Å². The van der Waals surface area contributed by atoms with Crippen LogP contribution in [0.3, 0.4) is 0 Å². The van der Waals surface area contributed by atoms with Gasteiger partial charge >= 0.3 is 0 Å². The van der Waals surface area contributed by atoms with Crippen molar-refractivity contribution in [1.82, 2.24) is 10.2 Å². The van der Waals surface area contributed by atoms with Gasteiger partial charge in [0.1, 0.15) is 0 Å². The van der Waals surface area contributed by atoms with Crippen molar-refractivity contribution in [2.75, 3.05) is 19.6 Å². The summed E-state index contributed by atoms with van der Waals surface area (Å²) in [6, 6.07) is 5.46. The average Bonchev–Trinajstić information content (AvgIpc) is 3.22. The van der Waals surface area contributed by atoms with Crippen LogP contribution in [0.15, 0.2) is 18.2 Å². The minimum absolute atomic E-state index is 0.400. The molecule has 0 aromatic heterocycles. The molecule has 1 aliphatic carbocycles.